The van der Waals surface area contributed by atoms with Crippen molar-refractivity contribution in [2.75, 3.05) is 31.2 Å². The molecule has 3 atom stereocenters. The molecular formula is C28H34N6O3. The lowest BCUT2D eigenvalue weighted by Crippen LogP contribution is -2.58. The van der Waals surface area contributed by atoms with Crippen LogP contribution in [0.15, 0.2) is 41.2 Å². The third-order valence-corrected chi connectivity index (χ3v) is 7.68. The highest BCUT2D eigenvalue weighted by Crippen LogP contribution is 2.35. The molecule has 37 heavy (non-hydrogen) atoms. The summed E-state index contributed by atoms with van der Waals surface area (Å²) in [5.74, 6) is 0.565. The van der Waals surface area contributed by atoms with Crippen molar-refractivity contribution in [1.82, 2.24) is 19.4 Å². The first-order chi connectivity index (χ1) is 17.9. The molecule has 0 amide bonds. The highest BCUT2D eigenvalue weighted by Gasteiger charge is 2.36. The minimum Gasteiger partial charge on any atom is -0.349 e. The van der Waals surface area contributed by atoms with Gasteiger partial charge in [-0.2, -0.15) is 10.2 Å². The van der Waals surface area contributed by atoms with Crippen LogP contribution in [0.25, 0.3) is 11.0 Å². The minimum absolute atomic E-state index is 0.103. The monoisotopic (exact) mass is 502 g/mol. The lowest BCUT2D eigenvalue weighted by Gasteiger charge is -2.49. The van der Waals surface area contributed by atoms with Crippen molar-refractivity contribution in [3.63, 3.8) is 0 Å². The lowest BCUT2D eigenvalue weighted by atomic mass is 9.95. The molecule has 4 heterocycles. The first-order valence-corrected chi connectivity index (χ1v) is 13.1. The van der Waals surface area contributed by atoms with Gasteiger partial charge in [-0.3, -0.25) is 9.47 Å². The number of aryl methyl sites for hydroxylation is 1. The Bertz CT molecular complexity index is 1360. The van der Waals surface area contributed by atoms with E-state index in [1.54, 1.807) is 19.2 Å². The zero-order valence-electron chi connectivity index (χ0n) is 21.9. The summed E-state index contributed by atoms with van der Waals surface area (Å²) in [6.45, 7) is 9.42. The van der Waals surface area contributed by atoms with Crippen molar-refractivity contribution in [1.29, 1.82) is 5.26 Å². The van der Waals surface area contributed by atoms with E-state index in [0.717, 1.165) is 31.5 Å². The Kier molecular flexibility index (Phi) is 7.24. The van der Waals surface area contributed by atoms with E-state index in [-0.39, 0.29) is 30.1 Å². The number of aromatic nitrogens is 3. The highest BCUT2D eigenvalue weighted by molar-refractivity contribution is 5.86. The van der Waals surface area contributed by atoms with Gasteiger partial charge in [0.15, 0.2) is 12.1 Å². The molecular weight excluding hydrogens is 468 g/mol. The van der Waals surface area contributed by atoms with Crippen molar-refractivity contribution in [2.45, 2.75) is 58.0 Å². The van der Waals surface area contributed by atoms with E-state index in [4.69, 9.17) is 9.47 Å². The van der Waals surface area contributed by atoms with E-state index < -0.39 is 0 Å². The van der Waals surface area contributed by atoms with Crippen LogP contribution in [0.5, 0.6) is 0 Å². The number of rotatable bonds is 6. The maximum atomic E-state index is 12.7. The van der Waals surface area contributed by atoms with Gasteiger partial charge in [0.25, 0.3) is 0 Å². The Morgan fingerprint density at radius 3 is 2.46 bits per heavy atom. The van der Waals surface area contributed by atoms with Crippen LogP contribution in [0.3, 0.4) is 0 Å². The SMILES string of the molecule is CCC(c1ccc(C2OCCO2)cc1)N1C[C@H](C)N(c2nc(=O)n(C)c3ccc(C#N)nc23)C[C@H]1CC. The van der Waals surface area contributed by atoms with Gasteiger partial charge in [0.2, 0.25) is 0 Å². The zero-order chi connectivity index (χ0) is 26.1. The fourth-order valence-electron chi connectivity index (χ4n) is 5.66. The predicted octanol–water partition coefficient (Wildman–Crippen LogP) is 3.69. The second kappa shape index (κ2) is 10.6. The molecule has 1 unspecified atom stereocenters. The Balaban J connectivity index is 1.45. The van der Waals surface area contributed by atoms with Crippen molar-refractivity contribution < 1.29 is 9.47 Å². The second-order valence-electron chi connectivity index (χ2n) is 9.88. The molecule has 2 aromatic heterocycles. The number of hydrogen-bond acceptors (Lipinski definition) is 8. The molecule has 2 aliphatic rings. The molecule has 0 spiro atoms. The van der Waals surface area contributed by atoms with Crippen LogP contribution in [0, 0.1) is 11.3 Å². The Morgan fingerprint density at radius 1 is 1.08 bits per heavy atom. The summed E-state index contributed by atoms with van der Waals surface area (Å²) < 4.78 is 12.8. The summed E-state index contributed by atoms with van der Waals surface area (Å²) >= 11 is 0. The molecule has 9 heteroatoms. The number of nitrogens with zero attached hydrogens (tertiary/aromatic N) is 6. The molecule has 194 valence electrons. The summed E-state index contributed by atoms with van der Waals surface area (Å²) in [6, 6.07) is 14.8. The van der Waals surface area contributed by atoms with Crippen LogP contribution in [-0.4, -0.2) is 57.8 Å². The quantitative estimate of drug-likeness (QED) is 0.504. The van der Waals surface area contributed by atoms with Crippen LogP contribution < -0.4 is 10.6 Å². The largest absolute Gasteiger partial charge is 0.349 e. The predicted molar refractivity (Wildman–Crippen MR) is 141 cm³/mol. The maximum Gasteiger partial charge on any atom is 0.349 e. The fourth-order valence-corrected chi connectivity index (χ4v) is 5.66. The van der Waals surface area contributed by atoms with Gasteiger partial charge in [-0.05, 0) is 37.5 Å². The number of piperazine rings is 1. The normalized spacial score (nSPS) is 21.9. The van der Waals surface area contributed by atoms with Gasteiger partial charge in [-0.25, -0.2) is 9.78 Å². The Hall–Kier alpha value is -3.32. The highest BCUT2D eigenvalue weighted by atomic mass is 16.7. The molecule has 5 rings (SSSR count). The summed E-state index contributed by atoms with van der Waals surface area (Å²) in [5.41, 5.74) is 3.59. The third-order valence-electron chi connectivity index (χ3n) is 7.68. The van der Waals surface area contributed by atoms with Gasteiger partial charge in [-0.15, -0.1) is 0 Å². The first kappa shape index (κ1) is 25.3. The summed E-state index contributed by atoms with van der Waals surface area (Å²) in [5, 5.41) is 9.43. The van der Waals surface area contributed by atoms with Crippen LogP contribution in [0.4, 0.5) is 5.82 Å². The Morgan fingerprint density at radius 2 is 1.81 bits per heavy atom. The van der Waals surface area contributed by atoms with Crippen LogP contribution in [0.1, 0.15) is 62.8 Å². The van der Waals surface area contributed by atoms with E-state index in [2.05, 4.69) is 70.9 Å². The number of hydrogen-bond donors (Lipinski definition) is 0. The van der Waals surface area contributed by atoms with Crippen molar-refractivity contribution in [3.8, 4) is 6.07 Å². The van der Waals surface area contributed by atoms with Crippen LogP contribution in [-0.2, 0) is 16.5 Å². The maximum absolute atomic E-state index is 12.7. The van der Waals surface area contributed by atoms with E-state index in [1.807, 2.05) is 0 Å². The molecule has 2 saturated heterocycles. The van der Waals surface area contributed by atoms with E-state index in [1.165, 1.54) is 10.1 Å². The molecule has 0 bridgehead atoms. The molecule has 2 aliphatic heterocycles. The molecule has 0 N–H and O–H groups in total. The standard InChI is InChI=1S/C28H34N6O3/c1-5-22-17-33(26-25-24(32(4)28(35)31-26)12-11-21(15-29)30-25)18(3)16-34(22)23(6-2)19-7-9-20(10-8-19)27-36-13-14-37-27/h7-12,18,22-23,27H,5-6,13-14,16-17H2,1-4H3/t18-,22+,23?/m0/s1. The first-order valence-electron chi connectivity index (χ1n) is 13.1. The average Bonchev–Trinajstić information content (AvgIpc) is 3.47. The van der Waals surface area contributed by atoms with Gasteiger partial charge in [0.1, 0.15) is 17.3 Å². The molecule has 9 nitrogen and oxygen atoms in total. The van der Waals surface area contributed by atoms with Gasteiger partial charge >= 0.3 is 5.69 Å². The fraction of sp³-hybridized carbons (Fsp3) is 0.500. The van der Waals surface area contributed by atoms with E-state index >= 15 is 0 Å². The smallest absolute Gasteiger partial charge is 0.349 e. The van der Waals surface area contributed by atoms with Crippen LogP contribution >= 0.6 is 0 Å². The zero-order valence-corrected chi connectivity index (χ0v) is 21.9. The Labute approximate surface area is 217 Å². The number of anilines is 1. The number of nitriles is 1. The molecule has 0 aliphatic carbocycles. The number of ether oxygens (including phenoxy) is 2. The summed E-state index contributed by atoms with van der Waals surface area (Å²) in [4.78, 5) is 26.5. The van der Waals surface area contributed by atoms with E-state index in [9.17, 15) is 10.1 Å². The van der Waals surface area contributed by atoms with Gasteiger partial charge < -0.3 is 14.4 Å². The van der Waals surface area contributed by atoms with Crippen molar-refractivity contribution in [2.24, 2.45) is 7.05 Å². The third kappa shape index (κ3) is 4.73. The molecule has 1 aromatic carbocycles. The van der Waals surface area contributed by atoms with Gasteiger partial charge in [0.05, 0.1) is 18.7 Å². The number of benzene rings is 1. The summed E-state index contributed by atoms with van der Waals surface area (Å²) in [7, 11) is 1.69. The average molecular weight is 503 g/mol. The van der Waals surface area contributed by atoms with Gasteiger partial charge in [0, 0.05) is 43.8 Å². The molecule has 2 fully saturated rings. The topological polar surface area (TPSA) is 96.5 Å². The minimum atomic E-state index is -0.321. The van der Waals surface area contributed by atoms with Crippen LogP contribution in [0.2, 0.25) is 0 Å². The van der Waals surface area contributed by atoms with Crippen molar-refractivity contribution in [3.05, 3.63) is 63.7 Å². The number of pyridine rings is 1. The number of fused-ring (bicyclic) bond motifs is 1. The van der Waals surface area contributed by atoms with Gasteiger partial charge in [-0.1, -0.05) is 38.1 Å². The molecule has 0 radical (unpaired) electrons. The molecule has 3 aromatic rings. The lowest BCUT2D eigenvalue weighted by molar-refractivity contribution is -0.0441. The van der Waals surface area contributed by atoms with E-state index in [0.29, 0.717) is 35.8 Å². The second-order valence-corrected chi connectivity index (χ2v) is 9.88. The van der Waals surface area contributed by atoms with Crippen molar-refractivity contribution >= 4 is 16.9 Å². The molecule has 0 saturated carbocycles. The summed E-state index contributed by atoms with van der Waals surface area (Å²) in [6.07, 6.45) is 1.68.